The highest BCUT2D eigenvalue weighted by Gasteiger charge is 2.06. The topological polar surface area (TPSA) is 69.0 Å². The van der Waals surface area contributed by atoms with Crippen LogP contribution in [0.2, 0.25) is 0 Å². The summed E-state index contributed by atoms with van der Waals surface area (Å²) in [6.45, 7) is 0.763. The summed E-state index contributed by atoms with van der Waals surface area (Å²) in [5.41, 5.74) is 1.42. The highest BCUT2D eigenvalue weighted by atomic mass is 16.5. The SMILES string of the molecule is Cn1cc(C(=O)NCCOc2ccc3ccccc3n2)cn1. The molecule has 6 heteroatoms. The Morgan fingerprint density at radius 2 is 2.14 bits per heavy atom. The van der Waals surface area contributed by atoms with E-state index in [4.69, 9.17) is 4.74 Å². The fraction of sp³-hybridized carbons (Fsp3) is 0.188. The zero-order valence-corrected chi connectivity index (χ0v) is 12.2. The molecule has 0 saturated carbocycles. The van der Waals surface area contributed by atoms with Crippen LogP contribution >= 0.6 is 0 Å². The summed E-state index contributed by atoms with van der Waals surface area (Å²) < 4.78 is 7.15. The molecule has 0 aliphatic carbocycles. The number of aromatic nitrogens is 3. The van der Waals surface area contributed by atoms with Crippen molar-refractivity contribution in [2.45, 2.75) is 0 Å². The molecule has 3 rings (SSSR count). The summed E-state index contributed by atoms with van der Waals surface area (Å²) in [7, 11) is 1.77. The van der Waals surface area contributed by atoms with Crippen molar-refractivity contribution in [1.82, 2.24) is 20.1 Å². The molecule has 6 nitrogen and oxygen atoms in total. The molecule has 0 atom stereocenters. The van der Waals surface area contributed by atoms with Crippen LogP contribution in [0.1, 0.15) is 10.4 Å². The van der Waals surface area contributed by atoms with Gasteiger partial charge < -0.3 is 10.1 Å². The molecule has 3 aromatic rings. The first-order valence-corrected chi connectivity index (χ1v) is 6.98. The molecule has 0 fully saturated rings. The largest absolute Gasteiger partial charge is 0.476 e. The number of carbonyl (C=O) groups is 1. The first kappa shape index (κ1) is 14.1. The first-order valence-electron chi connectivity index (χ1n) is 6.98. The minimum atomic E-state index is -0.164. The van der Waals surface area contributed by atoms with Gasteiger partial charge >= 0.3 is 0 Å². The molecule has 2 aromatic heterocycles. The van der Waals surface area contributed by atoms with Gasteiger partial charge in [-0.05, 0) is 12.1 Å². The molecule has 1 amide bonds. The number of aryl methyl sites for hydroxylation is 1. The van der Waals surface area contributed by atoms with Gasteiger partial charge in [-0.15, -0.1) is 0 Å². The molecule has 0 spiro atoms. The van der Waals surface area contributed by atoms with Crippen molar-refractivity contribution < 1.29 is 9.53 Å². The first-order chi connectivity index (χ1) is 10.7. The summed E-state index contributed by atoms with van der Waals surface area (Å²) in [4.78, 5) is 16.2. The molecule has 2 heterocycles. The number of hydrogen-bond acceptors (Lipinski definition) is 4. The molecule has 0 saturated heterocycles. The number of carbonyl (C=O) groups excluding carboxylic acids is 1. The van der Waals surface area contributed by atoms with Crippen molar-refractivity contribution in [2.75, 3.05) is 13.2 Å². The second-order valence-electron chi connectivity index (χ2n) is 4.85. The number of nitrogens with one attached hydrogen (secondary N) is 1. The maximum Gasteiger partial charge on any atom is 0.254 e. The smallest absolute Gasteiger partial charge is 0.254 e. The number of rotatable bonds is 5. The van der Waals surface area contributed by atoms with Crippen molar-refractivity contribution in [3.8, 4) is 5.88 Å². The molecular weight excluding hydrogens is 280 g/mol. The van der Waals surface area contributed by atoms with Crippen LogP contribution in [-0.4, -0.2) is 33.8 Å². The van der Waals surface area contributed by atoms with E-state index in [9.17, 15) is 4.79 Å². The van der Waals surface area contributed by atoms with E-state index in [0.29, 0.717) is 24.6 Å². The Bertz CT molecular complexity index is 797. The van der Waals surface area contributed by atoms with Gasteiger partial charge in [0.15, 0.2) is 0 Å². The van der Waals surface area contributed by atoms with Gasteiger partial charge in [-0.2, -0.15) is 5.10 Å². The van der Waals surface area contributed by atoms with Gasteiger partial charge in [-0.25, -0.2) is 4.98 Å². The molecule has 0 aliphatic heterocycles. The van der Waals surface area contributed by atoms with E-state index < -0.39 is 0 Å². The number of amides is 1. The van der Waals surface area contributed by atoms with Crippen LogP contribution in [0.3, 0.4) is 0 Å². The Morgan fingerprint density at radius 3 is 2.95 bits per heavy atom. The summed E-state index contributed by atoms with van der Waals surface area (Å²) in [5.74, 6) is 0.387. The van der Waals surface area contributed by atoms with Gasteiger partial charge in [0.1, 0.15) is 6.61 Å². The van der Waals surface area contributed by atoms with Crippen LogP contribution < -0.4 is 10.1 Å². The van der Waals surface area contributed by atoms with E-state index in [-0.39, 0.29) is 5.91 Å². The predicted molar refractivity (Wildman–Crippen MR) is 82.8 cm³/mol. The van der Waals surface area contributed by atoms with Gasteiger partial charge in [0.2, 0.25) is 5.88 Å². The number of nitrogens with zero attached hydrogens (tertiary/aromatic N) is 3. The Hall–Kier alpha value is -2.89. The van der Waals surface area contributed by atoms with Crippen molar-refractivity contribution in [1.29, 1.82) is 0 Å². The van der Waals surface area contributed by atoms with Crippen molar-refractivity contribution >= 4 is 16.8 Å². The molecule has 1 aromatic carbocycles. The molecule has 0 aliphatic rings. The third kappa shape index (κ3) is 3.22. The van der Waals surface area contributed by atoms with Crippen LogP contribution in [-0.2, 0) is 7.05 Å². The Balaban J connectivity index is 1.51. The highest BCUT2D eigenvalue weighted by Crippen LogP contribution is 2.15. The Morgan fingerprint density at radius 1 is 1.27 bits per heavy atom. The minimum absolute atomic E-state index is 0.164. The second-order valence-corrected chi connectivity index (χ2v) is 4.85. The number of pyridine rings is 1. The molecule has 1 N–H and O–H groups in total. The summed E-state index contributed by atoms with van der Waals surface area (Å²) in [6.07, 6.45) is 3.20. The minimum Gasteiger partial charge on any atom is -0.476 e. The fourth-order valence-electron chi connectivity index (χ4n) is 2.09. The average Bonchev–Trinajstić information content (AvgIpc) is 2.98. The Kier molecular flexibility index (Phi) is 4.00. The number of para-hydroxylation sites is 1. The van der Waals surface area contributed by atoms with E-state index in [0.717, 1.165) is 10.9 Å². The van der Waals surface area contributed by atoms with Gasteiger partial charge in [0.05, 0.1) is 23.8 Å². The molecule has 0 radical (unpaired) electrons. The van der Waals surface area contributed by atoms with Gasteiger partial charge in [0.25, 0.3) is 5.91 Å². The van der Waals surface area contributed by atoms with Gasteiger partial charge in [0, 0.05) is 24.7 Å². The van der Waals surface area contributed by atoms with Gasteiger partial charge in [-0.1, -0.05) is 18.2 Å². The second kappa shape index (κ2) is 6.26. The van der Waals surface area contributed by atoms with Crippen LogP contribution in [0.4, 0.5) is 0 Å². The monoisotopic (exact) mass is 296 g/mol. The summed E-state index contributed by atoms with van der Waals surface area (Å²) >= 11 is 0. The standard InChI is InChI=1S/C16H16N4O2/c1-20-11-13(10-18-20)16(21)17-8-9-22-15-7-6-12-4-2-3-5-14(12)19-15/h2-7,10-11H,8-9H2,1H3,(H,17,21). The maximum absolute atomic E-state index is 11.8. The van der Waals surface area contributed by atoms with Crippen molar-refractivity contribution in [2.24, 2.45) is 7.05 Å². The molecule has 0 bridgehead atoms. The van der Waals surface area contributed by atoms with E-state index >= 15 is 0 Å². The van der Waals surface area contributed by atoms with Crippen LogP contribution in [0.15, 0.2) is 48.8 Å². The molecular formula is C16H16N4O2. The Labute approximate surface area is 127 Å². The van der Waals surface area contributed by atoms with Gasteiger partial charge in [-0.3, -0.25) is 9.48 Å². The number of ether oxygens (including phenoxy) is 1. The van der Waals surface area contributed by atoms with E-state index in [1.54, 1.807) is 17.9 Å². The van der Waals surface area contributed by atoms with Crippen LogP contribution in [0.25, 0.3) is 10.9 Å². The lowest BCUT2D eigenvalue weighted by atomic mass is 10.2. The normalized spacial score (nSPS) is 10.6. The quantitative estimate of drug-likeness (QED) is 0.729. The predicted octanol–water partition coefficient (Wildman–Crippen LogP) is 1.78. The highest BCUT2D eigenvalue weighted by molar-refractivity contribution is 5.93. The maximum atomic E-state index is 11.8. The van der Waals surface area contributed by atoms with Crippen LogP contribution in [0, 0.1) is 0 Å². The summed E-state index contributed by atoms with van der Waals surface area (Å²) in [5, 5.41) is 7.80. The number of fused-ring (bicyclic) bond motifs is 1. The number of benzene rings is 1. The van der Waals surface area contributed by atoms with E-state index in [1.807, 2.05) is 36.4 Å². The van der Waals surface area contributed by atoms with E-state index in [2.05, 4.69) is 15.4 Å². The lowest BCUT2D eigenvalue weighted by molar-refractivity contribution is 0.0946. The zero-order valence-electron chi connectivity index (χ0n) is 12.2. The zero-order chi connectivity index (χ0) is 15.4. The molecule has 112 valence electrons. The lowest BCUT2D eigenvalue weighted by Gasteiger charge is -2.07. The molecule has 22 heavy (non-hydrogen) atoms. The third-order valence-electron chi connectivity index (χ3n) is 3.18. The van der Waals surface area contributed by atoms with Crippen LogP contribution in [0.5, 0.6) is 5.88 Å². The number of hydrogen-bond donors (Lipinski definition) is 1. The fourth-order valence-corrected chi connectivity index (χ4v) is 2.09. The third-order valence-corrected chi connectivity index (χ3v) is 3.18. The van der Waals surface area contributed by atoms with Crippen molar-refractivity contribution in [3.05, 3.63) is 54.4 Å². The van der Waals surface area contributed by atoms with Crippen molar-refractivity contribution in [3.63, 3.8) is 0 Å². The average molecular weight is 296 g/mol. The summed E-state index contributed by atoms with van der Waals surface area (Å²) in [6, 6.07) is 11.6. The lowest BCUT2D eigenvalue weighted by Crippen LogP contribution is -2.27. The molecule has 0 unspecified atom stereocenters. The van der Waals surface area contributed by atoms with E-state index in [1.165, 1.54) is 6.20 Å².